The summed E-state index contributed by atoms with van der Waals surface area (Å²) >= 11 is 0. The fraction of sp³-hybridized carbons (Fsp3) is 0.361. The molecule has 1 heterocycles. The number of benzene rings is 3. The molecule has 0 saturated carbocycles. The molecular formula is C36H42O2Si. The molecule has 0 aliphatic heterocycles. The van der Waals surface area contributed by atoms with Crippen LogP contribution in [0.1, 0.15) is 85.0 Å². The highest BCUT2D eigenvalue weighted by Gasteiger charge is 2.47. The molecule has 5 rings (SSSR count). The second-order valence-corrected chi connectivity index (χ2v) is 12.4. The lowest BCUT2D eigenvalue weighted by molar-refractivity contribution is 0.408. The zero-order valence-corrected chi connectivity index (χ0v) is 25.2. The first-order valence-electron chi connectivity index (χ1n) is 14.7. The highest BCUT2D eigenvalue weighted by Crippen LogP contribution is 2.57. The van der Waals surface area contributed by atoms with E-state index in [-0.39, 0.29) is 14.5 Å². The van der Waals surface area contributed by atoms with Gasteiger partial charge in [0.25, 0.3) is 0 Å². The van der Waals surface area contributed by atoms with Gasteiger partial charge in [0.15, 0.2) is 0 Å². The van der Waals surface area contributed by atoms with Gasteiger partial charge < -0.3 is 9.47 Å². The number of unbranched alkanes of at least 4 members (excludes halogenated alkanes) is 4. The summed E-state index contributed by atoms with van der Waals surface area (Å²) in [6, 6.07) is 29.5. The number of ether oxygens (including phenoxy) is 2. The van der Waals surface area contributed by atoms with Crippen molar-refractivity contribution in [3.8, 4) is 22.6 Å². The smallest absolute Gasteiger partial charge is 0.122 e. The van der Waals surface area contributed by atoms with Crippen molar-refractivity contribution < 1.29 is 9.47 Å². The van der Waals surface area contributed by atoms with Crippen molar-refractivity contribution in [2.75, 3.05) is 14.2 Å². The minimum Gasteiger partial charge on any atom is -0.497 e. The van der Waals surface area contributed by atoms with Gasteiger partial charge in [-0.1, -0.05) is 100 Å². The van der Waals surface area contributed by atoms with E-state index < -0.39 is 0 Å². The Balaban J connectivity index is 1.85. The SMILES string of the molecule is CCCCCc1cc2c(cc1OC)-c1cc(OC)c(CCCCC)[siH]c1C2(c1ccccc1)c1ccccc1. The van der Waals surface area contributed by atoms with E-state index in [0.29, 0.717) is 0 Å². The van der Waals surface area contributed by atoms with Crippen molar-refractivity contribution in [2.24, 2.45) is 0 Å². The first-order valence-corrected chi connectivity index (χ1v) is 15.9. The molecule has 202 valence electrons. The molecule has 4 aromatic rings. The van der Waals surface area contributed by atoms with E-state index in [1.165, 1.54) is 77.1 Å². The normalized spacial score (nSPS) is 13.1. The second-order valence-electron chi connectivity index (χ2n) is 10.8. The number of aryl methyl sites for hydroxylation is 2. The molecule has 0 atom stereocenters. The van der Waals surface area contributed by atoms with Gasteiger partial charge in [0.05, 0.1) is 19.6 Å². The molecule has 0 spiro atoms. The monoisotopic (exact) mass is 534 g/mol. The van der Waals surface area contributed by atoms with Crippen molar-refractivity contribution in [3.05, 3.63) is 111 Å². The van der Waals surface area contributed by atoms with Crippen LogP contribution in [-0.4, -0.2) is 23.3 Å². The maximum absolute atomic E-state index is 6.06. The van der Waals surface area contributed by atoms with Crippen molar-refractivity contribution in [2.45, 2.75) is 70.6 Å². The summed E-state index contributed by atoms with van der Waals surface area (Å²) in [5.41, 5.74) is 7.72. The molecule has 1 aromatic heterocycles. The van der Waals surface area contributed by atoms with E-state index >= 15 is 0 Å². The number of methoxy groups -OCH3 is 2. The highest BCUT2D eigenvalue weighted by atomic mass is 28.2. The third-order valence-corrected chi connectivity index (χ3v) is 10.4. The molecule has 0 radical (unpaired) electrons. The third kappa shape index (κ3) is 4.98. The molecule has 1 aliphatic carbocycles. The van der Waals surface area contributed by atoms with E-state index in [9.17, 15) is 0 Å². The van der Waals surface area contributed by atoms with Gasteiger partial charge in [0.1, 0.15) is 11.5 Å². The average Bonchev–Trinajstić information content (AvgIpc) is 3.26. The van der Waals surface area contributed by atoms with Gasteiger partial charge in [-0.15, -0.1) is 0 Å². The van der Waals surface area contributed by atoms with E-state index in [1.807, 2.05) is 14.2 Å². The fourth-order valence-corrected chi connectivity index (χ4v) is 8.67. The summed E-state index contributed by atoms with van der Waals surface area (Å²) in [6.07, 6.45) is 9.48. The van der Waals surface area contributed by atoms with Crippen LogP contribution in [-0.2, 0) is 18.3 Å². The van der Waals surface area contributed by atoms with Crippen LogP contribution in [0.5, 0.6) is 11.5 Å². The van der Waals surface area contributed by atoms with Crippen LogP contribution in [0.15, 0.2) is 78.9 Å². The average molecular weight is 535 g/mol. The van der Waals surface area contributed by atoms with Crippen LogP contribution in [0.4, 0.5) is 0 Å². The predicted octanol–water partition coefficient (Wildman–Crippen LogP) is 8.60. The van der Waals surface area contributed by atoms with Crippen molar-refractivity contribution in [1.82, 2.24) is 0 Å². The molecule has 0 amide bonds. The first kappa shape index (κ1) is 27.4. The fourth-order valence-electron chi connectivity index (χ4n) is 6.53. The summed E-state index contributed by atoms with van der Waals surface area (Å²) in [5.74, 6) is 2.09. The Bertz CT molecular complexity index is 1290. The lowest BCUT2D eigenvalue weighted by Crippen LogP contribution is -2.30. The summed E-state index contributed by atoms with van der Waals surface area (Å²) in [7, 11) is 3.56. The van der Waals surface area contributed by atoms with E-state index in [1.54, 1.807) is 5.17 Å². The Labute approximate surface area is 237 Å². The number of rotatable bonds is 12. The van der Waals surface area contributed by atoms with Crippen LogP contribution in [0.25, 0.3) is 11.1 Å². The summed E-state index contributed by atoms with van der Waals surface area (Å²) in [5, 5.41) is 3.05. The van der Waals surface area contributed by atoms with Crippen LogP contribution >= 0.6 is 0 Å². The largest absolute Gasteiger partial charge is 0.497 e. The van der Waals surface area contributed by atoms with Gasteiger partial charge in [-0.3, -0.25) is 0 Å². The molecule has 39 heavy (non-hydrogen) atoms. The van der Waals surface area contributed by atoms with Crippen LogP contribution < -0.4 is 9.47 Å². The van der Waals surface area contributed by atoms with Gasteiger partial charge in [-0.05, 0) is 87.6 Å². The number of fused-ring (bicyclic) bond motifs is 3. The molecule has 0 fully saturated rings. The van der Waals surface area contributed by atoms with Gasteiger partial charge in [0.2, 0.25) is 0 Å². The lowest BCUT2D eigenvalue weighted by atomic mass is 9.70. The Morgan fingerprint density at radius 1 is 0.641 bits per heavy atom. The summed E-state index contributed by atoms with van der Waals surface area (Å²) < 4.78 is 12.1. The number of hydrogen-bond donors (Lipinski definition) is 0. The van der Waals surface area contributed by atoms with Crippen molar-refractivity contribution >= 4 is 9.12 Å². The maximum atomic E-state index is 6.06. The standard InChI is InChI=1S/C36H42O2Si/c1-5-7-11-17-26-23-31-29(24-32(26)37-3)30-25-33(38-4)34(22-12-8-6-2)39-35(30)36(31,27-18-13-9-14-19-27)28-20-15-10-16-21-28/h9-10,13-16,18-21,23-25,39H,5-8,11-12,17,22H2,1-4H3. The molecule has 3 heteroatoms. The Morgan fingerprint density at radius 3 is 1.77 bits per heavy atom. The maximum Gasteiger partial charge on any atom is 0.122 e. The van der Waals surface area contributed by atoms with Gasteiger partial charge in [0, 0.05) is 9.12 Å². The molecule has 3 aromatic carbocycles. The van der Waals surface area contributed by atoms with Crippen molar-refractivity contribution in [1.29, 1.82) is 0 Å². The van der Waals surface area contributed by atoms with Gasteiger partial charge in [-0.25, -0.2) is 0 Å². The molecule has 0 unspecified atom stereocenters. The summed E-state index contributed by atoms with van der Waals surface area (Å²) in [4.78, 5) is 0. The second kappa shape index (κ2) is 12.3. The first-order chi connectivity index (χ1) is 19.2. The molecule has 0 N–H and O–H groups in total. The molecule has 2 nitrogen and oxygen atoms in total. The highest BCUT2D eigenvalue weighted by molar-refractivity contribution is 6.39. The molecular weight excluding hydrogens is 492 g/mol. The summed E-state index contributed by atoms with van der Waals surface area (Å²) in [6.45, 7) is 4.55. The van der Waals surface area contributed by atoms with E-state index in [0.717, 1.165) is 24.3 Å². The van der Waals surface area contributed by atoms with Gasteiger partial charge in [-0.2, -0.15) is 0 Å². The van der Waals surface area contributed by atoms with Crippen molar-refractivity contribution in [3.63, 3.8) is 0 Å². The Kier molecular flexibility index (Phi) is 8.67. The predicted molar refractivity (Wildman–Crippen MR) is 166 cm³/mol. The topological polar surface area (TPSA) is 18.5 Å². The minimum atomic E-state index is -0.319. The van der Waals surface area contributed by atoms with E-state index in [2.05, 4.69) is 92.7 Å². The Hall–Kier alpha value is -3.17. The quantitative estimate of drug-likeness (QED) is 0.118. The zero-order valence-electron chi connectivity index (χ0n) is 24.1. The number of hydrogen-bond acceptors (Lipinski definition) is 2. The molecule has 0 saturated heterocycles. The minimum absolute atomic E-state index is 0.0988. The molecule has 1 aliphatic rings. The third-order valence-electron chi connectivity index (χ3n) is 8.45. The Morgan fingerprint density at radius 2 is 1.21 bits per heavy atom. The van der Waals surface area contributed by atoms with Crippen LogP contribution in [0.3, 0.4) is 0 Å². The lowest BCUT2D eigenvalue weighted by Gasteiger charge is -2.34. The van der Waals surface area contributed by atoms with E-state index in [4.69, 9.17) is 9.47 Å². The molecule has 0 bridgehead atoms. The zero-order chi connectivity index (χ0) is 27.2. The van der Waals surface area contributed by atoms with Gasteiger partial charge >= 0.3 is 0 Å². The van der Waals surface area contributed by atoms with Crippen LogP contribution in [0.2, 0.25) is 0 Å². The van der Waals surface area contributed by atoms with Crippen LogP contribution in [0, 0.1) is 0 Å².